The molecule has 4 aromatic carbocycles. The van der Waals surface area contributed by atoms with Gasteiger partial charge in [0.2, 0.25) is 0 Å². The number of rotatable bonds is 6. The average molecular weight is 491 g/mol. The summed E-state index contributed by atoms with van der Waals surface area (Å²) in [6, 6.07) is 30.6. The largest absolute Gasteiger partial charge is 0.497 e. The fourth-order valence-corrected chi connectivity index (χ4v) is 3.24. The van der Waals surface area contributed by atoms with E-state index in [1.807, 2.05) is 91.9 Å². The maximum absolute atomic E-state index is 12.7. The van der Waals surface area contributed by atoms with Crippen molar-refractivity contribution in [2.75, 3.05) is 13.4 Å². The molecule has 4 rings (SSSR count). The Hall–Kier alpha value is -3.94. The molecule has 35 heavy (non-hydrogen) atoms. The van der Waals surface area contributed by atoms with Gasteiger partial charge in [0.1, 0.15) is 17.2 Å². The Morgan fingerprint density at radius 3 is 1.83 bits per heavy atom. The molecular weight excluding hydrogens is 464 g/mol. The molecule has 7 heteroatoms. The molecule has 180 valence electrons. The Bertz CT molecular complexity index is 1370. The standard InChI is InChI=1S/C27H22O3.CH4O3S/c1-19-8-10-21(11-9-19)27(28)22-12-14-23(15-13-22)30-26-17-16-24(29-2)18-25(26)20-6-4-3-5-7-20;1-5(2,3)4/h3-18H,1-2H3;1H3,(H,2,3,4). The highest BCUT2D eigenvalue weighted by Crippen LogP contribution is 2.36. The minimum absolute atomic E-state index is 0.00373. The quantitative estimate of drug-likeness (QED) is 0.256. The van der Waals surface area contributed by atoms with E-state index in [1.165, 1.54) is 0 Å². The van der Waals surface area contributed by atoms with Gasteiger partial charge in [-0.05, 0) is 55.0 Å². The zero-order valence-electron chi connectivity index (χ0n) is 19.6. The van der Waals surface area contributed by atoms with Crippen molar-refractivity contribution in [1.82, 2.24) is 0 Å². The highest BCUT2D eigenvalue weighted by molar-refractivity contribution is 7.85. The summed E-state index contributed by atoms with van der Waals surface area (Å²) in [5.41, 5.74) is 4.41. The van der Waals surface area contributed by atoms with Crippen molar-refractivity contribution in [2.24, 2.45) is 0 Å². The Labute approximate surface area is 205 Å². The van der Waals surface area contributed by atoms with Gasteiger partial charge in [-0.3, -0.25) is 9.35 Å². The van der Waals surface area contributed by atoms with E-state index in [-0.39, 0.29) is 5.78 Å². The summed E-state index contributed by atoms with van der Waals surface area (Å²) in [4.78, 5) is 12.7. The van der Waals surface area contributed by atoms with Crippen molar-refractivity contribution in [3.63, 3.8) is 0 Å². The van der Waals surface area contributed by atoms with Gasteiger partial charge in [-0.15, -0.1) is 0 Å². The molecule has 0 atom stereocenters. The summed E-state index contributed by atoms with van der Waals surface area (Å²) in [6.45, 7) is 2.00. The first-order chi connectivity index (χ1) is 16.6. The number of hydrogen-bond acceptors (Lipinski definition) is 5. The molecule has 1 N–H and O–H groups in total. The van der Waals surface area contributed by atoms with Crippen molar-refractivity contribution < 1.29 is 27.2 Å². The van der Waals surface area contributed by atoms with Crippen LogP contribution in [0.4, 0.5) is 0 Å². The van der Waals surface area contributed by atoms with Gasteiger partial charge in [-0.1, -0.05) is 60.2 Å². The third kappa shape index (κ3) is 7.81. The van der Waals surface area contributed by atoms with Crippen LogP contribution in [0.25, 0.3) is 11.1 Å². The molecule has 6 nitrogen and oxygen atoms in total. The van der Waals surface area contributed by atoms with Crippen LogP contribution >= 0.6 is 0 Å². The first-order valence-electron chi connectivity index (χ1n) is 10.7. The maximum atomic E-state index is 12.7. The Morgan fingerprint density at radius 1 is 0.771 bits per heavy atom. The third-order valence-corrected chi connectivity index (χ3v) is 4.93. The Morgan fingerprint density at radius 2 is 1.29 bits per heavy atom. The van der Waals surface area contributed by atoms with E-state index in [9.17, 15) is 13.2 Å². The average Bonchev–Trinajstić information content (AvgIpc) is 2.84. The molecule has 4 aromatic rings. The smallest absolute Gasteiger partial charge is 0.261 e. The van der Waals surface area contributed by atoms with E-state index < -0.39 is 10.1 Å². The van der Waals surface area contributed by atoms with Crippen LogP contribution in [0, 0.1) is 6.92 Å². The summed E-state index contributed by atoms with van der Waals surface area (Å²) in [5, 5.41) is 0. The number of benzene rings is 4. The molecule has 0 aliphatic heterocycles. The van der Waals surface area contributed by atoms with Crippen molar-refractivity contribution >= 4 is 15.9 Å². The van der Waals surface area contributed by atoms with Gasteiger partial charge in [0.05, 0.1) is 13.4 Å². The lowest BCUT2D eigenvalue weighted by atomic mass is 10.0. The van der Waals surface area contributed by atoms with Gasteiger partial charge >= 0.3 is 0 Å². The van der Waals surface area contributed by atoms with Crippen molar-refractivity contribution in [3.8, 4) is 28.4 Å². The lowest BCUT2D eigenvalue weighted by Crippen LogP contribution is -2.01. The SMILES string of the molecule is COc1ccc(Oc2ccc(C(=O)c3ccc(C)cc3)cc2)c(-c2ccccc2)c1.CS(=O)(=O)O. The summed E-state index contributed by atoms with van der Waals surface area (Å²) in [7, 11) is -2.02. The van der Waals surface area contributed by atoms with Gasteiger partial charge in [0.15, 0.2) is 5.78 Å². The van der Waals surface area contributed by atoms with Crippen molar-refractivity contribution in [2.45, 2.75) is 6.92 Å². The first-order valence-corrected chi connectivity index (χ1v) is 12.5. The number of ether oxygens (including phenoxy) is 2. The highest BCUT2D eigenvalue weighted by atomic mass is 32.2. The van der Waals surface area contributed by atoms with Crippen molar-refractivity contribution in [1.29, 1.82) is 0 Å². The lowest BCUT2D eigenvalue weighted by molar-refractivity contribution is 0.103. The van der Waals surface area contributed by atoms with Crippen LogP contribution in [-0.4, -0.2) is 32.1 Å². The summed E-state index contributed by atoms with van der Waals surface area (Å²) in [6.07, 6.45) is 0.715. The highest BCUT2D eigenvalue weighted by Gasteiger charge is 2.12. The zero-order chi connectivity index (χ0) is 25.4. The molecule has 0 aromatic heterocycles. The molecular formula is C28H26O6S. The third-order valence-electron chi connectivity index (χ3n) is 4.93. The fraction of sp³-hybridized carbons (Fsp3) is 0.107. The molecule has 0 unspecified atom stereocenters. The summed E-state index contributed by atoms with van der Waals surface area (Å²) in [5.74, 6) is 2.15. The molecule has 0 heterocycles. The van der Waals surface area contributed by atoms with Gasteiger partial charge in [-0.2, -0.15) is 8.42 Å². The number of carbonyl (C=O) groups excluding carboxylic acids is 1. The van der Waals surface area contributed by atoms with Crippen LogP contribution in [0.15, 0.2) is 97.1 Å². The minimum atomic E-state index is -3.67. The molecule has 0 aliphatic carbocycles. The van der Waals surface area contributed by atoms with E-state index in [0.717, 1.165) is 28.2 Å². The van der Waals surface area contributed by atoms with Crippen LogP contribution in [0.2, 0.25) is 0 Å². The molecule has 0 aliphatic rings. The fourth-order valence-electron chi connectivity index (χ4n) is 3.24. The van der Waals surface area contributed by atoms with Crippen LogP contribution in [-0.2, 0) is 10.1 Å². The number of hydrogen-bond donors (Lipinski definition) is 1. The van der Waals surface area contributed by atoms with E-state index in [1.54, 1.807) is 19.2 Å². The van der Waals surface area contributed by atoms with Crippen LogP contribution in [0.5, 0.6) is 17.2 Å². The molecule has 0 bridgehead atoms. The van der Waals surface area contributed by atoms with Crippen molar-refractivity contribution in [3.05, 3.63) is 114 Å². The van der Waals surface area contributed by atoms with E-state index in [0.29, 0.717) is 23.1 Å². The molecule has 0 saturated carbocycles. The topological polar surface area (TPSA) is 89.9 Å². The zero-order valence-corrected chi connectivity index (χ0v) is 20.5. The molecule has 0 saturated heterocycles. The first kappa shape index (κ1) is 25.7. The lowest BCUT2D eigenvalue weighted by Gasteiger charge is -2.13. The second kappa shape index (κ2) is 11.5. The second-order valence-electron chi connectivity index (χ2n) is 7.78. The van der Waals surface area contributed by atoms with Gasteiger partial charge in [0, 0.05) is 16.7 Å². The summed E-state index contributed by atoms with van der Waals surface area (Å²) < 4.78 is 37.4. The number of carbonyl (C=O) groups is 1. The minimum Gasteiger partial charge on any atom is -0.497 e. The number of aryl methyl sites for hydroxylation is 1. The van der Waals surface area contributed by atoms with E-state index in [4.69, 9.17) is 14.0 Å². The predicted molar refractivity (Wildman–Crippen MR) is 137 cm³/mol. The predicted octanol–water partition coefficient (Wildman–Crippen LogP) is 6.20. The number of methoxy groups -OCH3 is 1. The molecule has 0 fully saturated rings. The normalized spacial score (nSPS) is 10.6. The van der Waals surface area contributed by atoms with Crippen LogP contribution in [0.3, 0.4) is 0 Å². The van der Waals surface area contributed by atoms with E-state index >= 15 is 0 Å². The number of ketones is 1. The van der Waals surface area contributed by atoms with E-state index in [2.05, 4.69) is 0 Å². The molecule has 0 spiro atoms. The van der Waals surface area contributed by atoms with Crippen LogP contribution < -0.4 is 9.47 Å². The Balaban J connectivity index is 0.000000623. The second-order valence-corrected chi connectivity index (χ2v) is 9.25. The van der Waals surface area contributed by atoms with Gasteiger partial charge < -0.3 is 9.47 Å². The maximum Gasteiger partial charge on any atom is 0.261 e. The monoisotopic (exact) mass is 490 g/mol. The van der Waals surface area contributed by atoms with Crippen LogP contribution in [0.1, 0.15) is 21.5 Å². The summed E-state index contributed by atoms with van der Waals surface area (Å²) >= 11 is 0. The Kier molecular flexibility index (Phi) is 8.41. The van der Waals surface area contributed by atoms with Gasteiger partial charge in [-0.25, -0.2) is 0 Å². The molecule has 0 radical (unpaired) electrons. The van der Waals surface area contributed by atoms with Gasteiger partial charge in [0.25, 0.3) is 10.1 Å². The molecule has 0 amide bonds.